The molecule has 0 atom stereocenters. The van der Waals surface area contributed by atoms with Gasteiger partial charge in [-0.15, -0.1) is 0 Å². The second kappa shape index (κ2) is 9.04. The molecule has 31 heavy (non-hydrogen) atoms. The van der Waals surface area contributed by atoms with Crippen LogP contribution in [0.25, 0.3) is 0 Å². The van der Waals surface area contributed by atoms with Gasteiger partial charge in [0.25, 0.3) is 5.91 Å². The Kier molecular flexibility index (Phi) is 6.20. The molecule has 0 N–H and O–H groups in total. The van der Waals surface area contributed by atoms with E-state index >= 15 is 0 Å². The summed E-state index contributed by atoms with van der Waals surface area (Å²) in [7, 11) is -3.50. The highest BCUT2D eigenvalue weighted by atomic mass is 32.2. The number of anilines is 1. The van der Waals surface area contributed by atoms with Crippen LogP contribution in [0.4, 0.5) is 5.69 Å². The number of nitrogens with zero attached hydrogens (tertiary/aromatic N) is 2. The number of aryl methyl sites for hydroxylation is 1. The zero-order valence-electron chi connectivity index (χ0n) is 17.6. The molecule has 0 aromatic heterocycles. The second-order valence-corrected chi connectivity index (χ2v) is 9.79. The monoisotopic (exact) mass is 434 g/mol. The Morgan fingerprint density at radius 2 is 1.58 bits per heavy atom. The third-order valence-corrected chi connectivity index (χ3v) is 7.46. The molecule has 0 spiro atoms. The van der Waals surface area contributed by atoms with Gasteiger partial charge in [0.2, 0.25) is 10.0 Å². The Bertz CT molecular complexity index is 1150. The Morgan fingerprint density at radius 3 is 2.23 bits per heavy atom. The van der Waals surface area contributed by atoms with Gasteiger partial charge in [-0.3, -0.25) is 4.79 Å². The number of amides is 1. The van der Waals surface area contributed by atoms with Crippen LogP contribution in [0.2, 0.25) is 0 Å². The largest absolute Gasteiger partial charge is 0.304 e. The van der Waals surface area contributed by atoms with E-state index in [-0.39, 0.29) is 10.8 Å². The quantitative estimate of drug-likeness (QED) is 0.569. The second-order valence-electron chi connectivity index (χ2n) is 7.85. The maximum Gasteiger partial charge on any atom is 0.258 e. The molecule has 0 saturated carbocycles. The molecule has 1 aliphatic heterocycles. The van der Waals surface area contributed by atoms with Crippen LogP contribution in [0.15, 0.2) is 83.8 Å². The van der Waals surface area contributed by atoms with Crippen molar-refractivity contribution in [2.45, 2.75) is 31.2 Å². The van der Waals surface area contributed by atoms with Gasteiger partial charge in [0.05, 0.1) is 11.4 Å². The van der Waals surface area contributed by atoms with Gasteiger partial charge in [0.1, 0.15) is 0 Å². The SMILES string of the molecule is Cc1cccc(N(Cc2ccccc2)C(=O)c2ccc(S(=O)(=O)N3CCCC3)cc2)c1. The summed E-state index contributed by atoms with van der Waals surface area (Å²) in [5.41, 5.74) is 3.35. The average molecular weight is 435 g/mol. The summed E-state index contributed by atoms with van der Waals surface area (Å²) in [6.45, 7) is 3.53. The van der Waals surface area contributed by atoms with Crippen LogP contribution in [0, 0.1) is 6.92 Å². The Hall–Kier alpha value is -2.96. The first-order valence-electron chi connectivity index (χ1n) is 10.5. The number of carbonyl (C=O) groups is 1. The Balaban J connectivity index is 1.63. The molecule has 1 heterocycles. The molecular formula is C25H26N2O3S. The van der Waals surface area contributed by atoms with E-state index in [9.17, 15) is 13.2 Å². The molecule has 3 aromatic rings. The van der Waals surface area contributed by atoms with Crippen molar-refractivity contribution in [3.05, 3.63) is 95.6 Å². The third kappa shape index (κ3) is 4.70. The highest BCUT2D eigenvalue weighted by Gasteiger charge is 2.27. The predicted octanol–water partition coefficient (Wildman–Crippen LogP) is 4.63. The summed E-state index contributed by atoms with van der Waals surface area (Å²) in [6.07, 6.45) is 1.78. The van der Waals surface area contributed by atoms with E-state index < -0.39 is 10.0 Å². The highest BCUT2D eigenvalue weighted by molar-refractivity contribution is 7.89. The maximum absolute atomic E-state index is 13.4. The zero-order chi connectivity index (χ0) is 21.8. The van der Waals surface area contributed by atoms with E-state index in [0.717, 1.165) is 29.7 Å². The molecule has 1 saturated heterocycles. The van der Waals surface area contributed by atoms with Crippen molar-refractivity contribution in [1.82, 2.24) is 4.31 Å². The number of sulfonamides is 1. The van der Waals surface area contributed by atoms with Crippen molar-refractivity contribution in [3.8, 4) is 0 Å². The highest BCUT2D eigenvalue weighted by Crippen LogP contribution is 2.24. The van der Waals surface area contributed by atoms with E-state index in [1.54, 1.807) is 17.0 Å². The lowest BCUT2D eigenvalue weighted by molar-refractivity contribution is 0.0985. The standard InChI is InChI=1S/C25H26N2O3S/c1-20-8-7-11-23(18-20)27(19-21-9-3-2-4-10-21)25(28)22-12-14-24(15-13-22)31(29,30)26-16-5-6-17-26/h2-4,7-15,18H,5-6,16-17,19H2,1H3. The van der Waals surface area contributed by atoms with Gasteiger partial charge in [0, 0.05) is 24.3 Å². The van der Waals surface area contributed by atoms with Crippen LogP contribution in [0.3, 0.4) is 0 Å². The van der Waals surface area contributed by atoms with E-state index in [1.807, 2.05) is 61.5 Å². The van der Waals surface area contributed by atoms with E-state index in [2.05, 4.69) is 0 Å². The molecular weight excluding hydrogens is 408 g/mol. The lowest BCUT2D eigenvalue weighted by Crippen LogP contribution is -2.31. The van der Waals surface area contributed by atoms with Gasteiger partial charge in [-0.25, -0.2) is 8.42 Å². The normalized spacial score (nSPS) is 14.5. The third-order valence-electron chi connectivity index (χ3n) is 5.55. The summed E-state index contributed by atoms with van der Waals surface area (Å²) < 4.78 is 27.1. The van der Waals surface area contributed by atoms with E-state index in [4.69, 9.17) is 0 Å². The minimum Gasteiger partial charge on any atom is -0.304 e. The van der Waals surface area contributed by atoms with Crippen LogP contribution in [-0.2, 0) is 16.6 Å². The van der Waals surface area contributed by atoms with Gasteiger partial charge in [-0.1, -0.05) is 42.5 Å². The van der Waals surface area contributed by atoms with Crippen molar-refractivity contribution in [3.63, 3.8) is 0 Å². The van der Waals surface area contributed by atoms with Gasteiger partial charge in [-0.05, 0) is 67.3 Å². The van der Waals surface area contributed by atoms with Crippen LogP contribution in [0.5, 0.6) is 0 Å². The smallest absolute Gasteiger partial charge is 0.258 e. The number of rotatable bonds is 6. The van der Waals surface area contributed by atoms with Crippen molar-refractivity contribution in [1.29, 1.82) is 0 Å². The lowest BCUT2D eigenvalue weighted by Gasteiger charge is -2.24. The maximum atomic E-state index is 13.4. The van der Waals surface area contributed by atoms with Gasteiger partial charge >= 0.3 is 0 Å². The molecule has 0 radical (unpaired) electrons. The first kappa shape index (κ1) is 21.3. The topological polar surface area (TPSA) is 57.7 Å². The Labute approximate surface area is 184 Å². The molecule has 1 aliphatic rings. The van der Waals surface area contributed by atoms with Crippen molar-refractivity contribution in [2.24, 2.45) is 0 Å². The van der Waals surface area contributed by atoms with Crippen molar-refractivity contribution >= 4 is 21.6 Å². The molecule has 5 nitrogen and oxygen atoms in total. The molecule has 160 valence electrons. The summed E-state index contributed by atoms with van der Waals surface area (Å²) >= 11 is 0. The Morgan fingerprint density at radius 1 is 0.903 bits per heavy atom. The number of hydrogen-bond acceptors (Lipinski definition) is 3. The molecule has 6 heteroatoms. The summed E-state index contributed by atoms with van der Waals surface area (Å²) in [5.74, 6) is -0.167. The zero-order valence-corrected chi connectivity index (χ0v) is 18.4. The van der Waals surface area contributed by atoms with Crippen LogP contribution < -0.4 is 4.90 Å². The predicted molar refractivity (Wildman–Crippen MR) is 123 cm³/mol. The molecule has 3 aromatic carbocycles. The summed E-state index contributed by atoms with van der Waals surface area (Å²) in [6, 6.07) is 23.9. The van der Waals surface area contributed by atoms with E-state index in [0.29, 0.717) is 25.2 Å². The van der Waals surface area contributed by atoms with Crippen LogP contribution in [0.1, 0.15) is 34.3 Å². The average Bonchev–Trinajstić information content (AvgIpc) is 3.34. The minimum atomic E-state index is -3.50. The fourth-order valence-electron chi connectivity index (χ4n) is 3.85. The summed E-state index contributed by atoms with van der Waals surface area (Å²) in [4.78, 5) is 15.4. The van der Waals surface area contributed by atoms with Crippen molar-refractivity contribution < 1.29 is 13.2 Å². The molecule has 0 unspecified atom stereocenters. The molecule has 1 amide bonds. The van der Waals surface area contributed by atoms with Gasteiger partial charge in [-0.2, -0.15) is 4.31 Å². The molecule has 0 bridgehead atoms. The fourth-order valence-corrected chi connectivity index (χ4v) is 5.36. The molecule has 4 rings (SSSR count). The molecule has 0 aliphatic carbocycles. The van der Waals surface area contributed by atoms with Gasteiger partial charge in [0.15, 0.2) is 0 Å². The number of benzene rings is 3. The summed E-state index contributed by atoms with van der Waals surface area (Å²) in [5, 5.41) is 0. The van der Waals surface area contributed by atoms with Crippen molar-refractivity contribution in [2.75, 3.05) is 18.0 Å². The lowest BCUT2D eigenvalue weighted by atomic mass is 10.1. The first-order valence-corrected chi connectivity index (χ1v) is 11.9. The van der Waals surface area contributed by atoms with E-state index in [1.165, 1.54) is 16.4 Å². The number of hydrogen-bond donors (Lipinski definition) is 0. The van der Waals surface area contributed by atoms with Crippen LogP contribution in [-0.4, -0.2) is 31.7 Å². The number of carbonyl (C=O) groups excluding carboxylic acids is 1. The fraction of sp³-hybridized carbons (Fsp3) is 0.240. The minimum absolute atomic E-state index is 0.167. The van der Waals surface area contributed by atoms with Crippen LogP contribution >= 0.6 is 0 Å². The first-order chi connectivity index (χ1) is 14.9. The van der Waals surface area contributed by atoms with Gasteiger partial charge < -0.3 is 4.90 Å². The molecule has 1 fully saturated rings.